The number of nitrogens with zero attached hydrogens (tertiary/aromatic N) is 6. The molecule has 1 atom stereocenters. The van der Waals surface area contributed by atoms with Crippen LogP contribution in [0.4, 0.5) is 10.2 Å². The molecule has 0 aromatic carbocycles. The number of aryl methyl sites for hydroxylation is 1. The largest absolute Gasteiger partial charge is 0.309 e. The zero-order valence-electron chi connectivity index (χ0n) is 19.0. The van der Waals surface area contributed by atoms with Gasteiger partial charge >= 0.3 is 0 Å². The first-order valence-corrected chi connectivity index (χ1v) is 11.7. The molecule has 1 aliphatic heterocycles. The van der Waals surface area contributed by atoms with E-state index in [4.69, 9.17) is 15.0 Å². The van der Waals surface area contributed by atoms with Crippen molar-refractivity contribution in [1.29, 1.82) is 0 Å². The second kappa shape index (κ2) is 7.65. The van der Waals surface area contributed by atoms with Crippen LogP contribution >= 0.6 is 0 Å². The minimum absolute atomic E-state index is 0.239. The number of rotatable bonds is 6. The molecule has 0 saturated heterocycles. The monoisotopic (exact) mass is 457 g/mol. The predicted octanol–water partition coefficient (Wildman–Crippen LogP) is 4.20. The second-order valence-electron chi connectivity index (χ2n) is 9.21. The van der Waals surface area contributed by atoms with Gasteiger partial charge in [-0.1, -0.05) is 13.3 Å². The van der Waals surface area contributed by atoms with Crippen molar-refractivity contribution in [2.45, 2.75) is 57.3 Å². The van der Waals surface area contributed by atoms with Crippen molar-refractivity contribution in [2.24, 2.45) is 0 Å². The quantitative estimate of drug-likeness (QED) is 0.466. The summed E-state index contributed by atoms with van der Waals surface area (Å²) in [6, 6.07) is 2.89. The molecule has 0 radical (unpaired) electrons. The number of anilines is 1. The number of fused-ring (bicyclic) bond motifs is 2. The van der Waals surface area contributed by atoms with E-state index in [-0.39, 0.29) is 11.8 Å². The average Bonchev–Trinajstić information content (AvgIpc) is 3.52. The topological polar surface area (TPSA) is 98.0 Å². The van der Waals surface area contributed by atoms with Crippen LogP contribution in [0.15, 0.2) is 36.9 Å². The Morgan fingerprint density at radius 2 is 2.06 bits per heavy atom. The number of halogens is 1. The van der Waals surface area contributed by atoms with Gasteiger partial charge < -0.3 is 9.72 Å². The summed E-state index contributed by atoms with van der Waals surface area (Å²) in [5.41, 5.74) is 3.35. The molecular weight excluding hydrogens is 433 g/mol. The standard InChI is InChI=1S/C25H24FN7O/c1-3-4-5-16-23-27-10-11-33(23)13-17(29-16)21-30-20(14-6-7-14)19-22(31-21)32-24(34)25(19,2)18-9-8-15(26)12-28-18/h8-14H,3-7H2,1-2H3,(H,30,31,32,34). The van der Waals surface area contributed by atoms with Gasteiger partial charge in [-0.15, -0.1) is 0 Å². The summed E-state index contributed by atoms with van der Waals surface area (Å²) in [6.45, 7) is 3.95. The molecule has 9 heteroatoms. The van der Waals surface area contributed by atoms with Crippen LogP contribution in [-0.4, -0.2) is 35.2 Å². The number of unbranched alkanes of at least 4 members (excludes halogenated alkanes) is 1. The van der Waals surface area contributed by atoms with E-state index in [2.05, 4.69) is 22.2 Å². The van der Waals surface area contributed by atoms with Gasteiger partial charge in [0.15, 0.2) is 11.5 Å². The van der Waals surface area contributed by atoms with Crippen LogP contribution < -0.4 is 5.32 Å². The maximum absolute atomic E-state index is 13.5. The van der Waals surface area contributed by atoms with Crippen LogP contribution in [0.2, 0.25) is 0 Å². The lowest BCUT2D eigenvalue weighted by Gasteiger charge is -2.23. The number of amides is 1. The second-order valence-corrected chi connectivity index (χ2v) is 9.21. The Morgan fingerprint density at radius 1 is 1.21 bits per heavy atom. The highest BCUT2D eigenvalue weighted by molar-refractivity contribution is 6.07. The number of carbonyl (C=O) groups excluding carboxylic acids is 1. The fourth-order valence-corrected chi connectivity index (χ4v) is 4.71. The molecule has 1 saturated carbocycles. The molecule has 34 heavy (non-hydrogen) atoms. The van der Waals surface area contributed by atoms with Crippen molar-refractivity contribution in [1.82, 2.24) is 29.3 Å². The van der Waals surface area contributed by atoms with Crippen LogP contribution in [0.5, 0.6) is 0 Å². The van der Waals surface area contributed by atoms with Crippen molar-refractivity contribution < 1.29 is 9.18 Å². The van der Waals surface area contributed by atoms with Crippen molar-refractivity contribution >= 4 is 17.4 Å². The molecule has 1 N–H and O–H groups in total. The van der Waals surface area contributed by atoms with Crippen LogP contribution in [0.3, 0.4) is 0 Å². The zero-order valence-corrected chi connectivity index (χ0v) is 19.0. The lowest BCUT2D eigenvalue weighted by atomic mass is 9.79. The summed E-state index contributed by atoms with van der Waals surface area (Å²) in [7, 11) is 0. The third-order valence-electron chi connectivity index (χ3n) is 6.77. The Morgan fingerprint density at radius 3 is 2.79 bits per heavy atom. The highest BCUT2D eigenvalue weighted by Gasteiger charge is 2.50. The first-order valence-electron chi connectivity index (χ1n) is 11.7. The lowest BCUT2D eigenvalue weighted by Crippen LogP contribution is -2.34. The number of hydrogen-bond acceptors (Lipinski definition) is 6. The van der Waals surface area contributed by atoms with Gasteiger partial charge in [0.25, 0.3) is 0 Å². The normalized spacial score (nSPS) is 19.4. The summed E-state index contributed by atoms with van der Waals surface area (Å²) < 4.78 is 15.5. The van der Waals surface area contributed by atoms with E-state index >= 15 is 0 Å². The molecule has 2 aliphatic rings. The van der Waals surface area contributed by atoms with Gasteiger partial charge in [-0.2, -0.15) is 0 Å². The molecule has 6 rings (SSSR count). The van der Waals surface area contributed by atoms with E-state index in [1.807, 2.05) is 23.7 Å². The summed E-state index contributed by atoms with van der Waals surface area (Å²) in [4.78, 5) is 36.5. The number of pyridine rings is 1. The Balaban J connectivity index is 1.52. The molecule has 1 fully saturated rings. The fraction of sp³-hybridized carbons (Fsp3) is 0.360. The Hall–Kier alpha value is -3.75. The zero-order chi connectivity index (χ0) is 23.4. The van der Waals surface area contributed by atoms with Gasteiger partial charge in [-0.25, -0.2) is 24.3 Å². The Labute approximate surface area is 195 Å². The maximum atomic E-state index is 13.5. The van der Waals surface area contributed by atoms with Crippen LogP contribution in [0, 0.1) is 5.82 Å². The smallest absolute Gasteiger partial charge is 0.242 e. The first-order chi connectivity index (χ1) is 16.5. The molecule has 5 heterocycles. The van der Waals surface area contributed by atoms with Crippen molar-refractivity contribution in [3.05, 3.63) is 65.4 Å². The predicted molar refractivity (Wildman–Crippen MR) is 124 cm³/mol. The molecule has 1 amide bonds. The van der Waals surface area contributed by atoms with Gasteiger partial charge in [0.05, 0.1) is 23.3 Å². The molecular formula is C25H24FN7O. The summed E-state index contributed by atoms with van der Waals surface area (Å²) in [6.07, 6.45) is 11.6. The van der Waals surface area contributed by atoms with Crippen LogP contribution in [0.1, 0.15) is 68.1 Å². The SMILES string of the molecule is CCCCc1nc(-c2nc3c(c(C4CC4)n2)C(C)(c2ccc(F)cn2)C(=O)N3)cn2ccnc12. The van der Waals surface area contributed by atoms with Gasteiger partial charge in [0.1, 0.15) is 22.7 Å². The Kier molecular flexibility index (Phi) is 4.68. The molecule has 1 aliphatic carbocycles. The van der Waals surface area contributed by atoms with Gasteiger partial charge in [0, 0.05) is 30.1 Å². The number of nitrogens with one attached hydrogen (secondary N) is 1. The van der Waals surface area contributed by atoms with Crippen LogP contribution in [0.25, 0.3) is 17.2 Å². The van der Waals surface area contributed by atoms with Crippen molar-refractivity contribution in [2.75, 3.05) is 5.32 Å². The molecule has 4 aromatic rings. The fourth-order valence-electron chi connectivity index (χ4n) is 4.71. The van der Waals surface area contributed by atoms with E-state index < -0.39 is 11.2 Å². The van der Waals surface area contributed by atoms with Crippen LogP contribution in [-0.2, 0) is 16.6 Å². The molecule has 0 bridgehead atoms. The van der Waals surface area contributed by atoms with Gasteiger partial charge in [-0.3, -0.25) is 9.78 Å². The number of aromatic nitrogens is 6. The number of carbonyl (C=O) groups is 1. The third-order valence-corrected chi connectivity index (χ3v) is 6.77. The van der Waals surface area contributed by atoms with Gasteiger partial charge in [-0.05, 0) is 44.7 Å². The van der Waals surface area contributed by atoms with E-state index in [0.717, 1.165) is 60.9 Å². The molecule has 1 unspecified atom stereocenters. The lowest BCUT2D eigenvalue weighted by molar-refractivity contribution is -0.119. The van der Waals surface area contributed by atoms with E-state index in [9.17, 15) is 9.18 Å². The van der Waals surface area contributed by atoms with Gasteiger partial charge in [0.2, 0.25) is 5.91 Å². The summed E-state index contributed by atoms with van der Waals surface area (Å²) in [5, 5.41) is 2.94. The van der Waals surface area contributed by atoms with Crippen molar-refractivity contribution in [3.8, 4) is 11.5 Å². The first kappa shape index (κ1) is 20.8. The highest BCUT2D eigenvalue weighted by Crippen LogP contribution is 2.50. The van der Waals surface area contributed by atoms with E-state index in [1.165, 1.54) is 6.07 Å². The minimum Gasteiger partial charge on any atom is -0.309 e. The van der Waals surface area contributed by atoms with E-state index in [0.29, 0.717) is 23.0 Å². The molecule has 172 valence electrons. The minimum atomic E-state index is -1.09. The highest BCUT2D eigenvalue weighted by atomic mass is 19.1. The van der Waals surface area contributed by atoms with E-state index in [1.54, 1.807) is 12.3 Å². The maximum Gasteiger partial charge on any atom is 0.242 e. The number of imidazole rings is 1. The molecule has 0 spiro atoms. The van der Waals surface area contributed by atoms with Crippen molar-refractivity contribution in [3.63, 3.8) is 0 Å². The molecule has 4 aromatic heterocycles. The Bertz CT molecular complexity index is 1430. The summed E-state index contributed by atoms with van der Waals surface area (Å²) in [5.74, 6) is 0.523. The average molecular weight is 458 g/mol. The number of hydrogen-bond donors (Lipinski definition) is 1. The molecule has 8 nitrogen and oxygen atoms in total. The third kappa shape index (κ3) is 3.18. The summed E-state index contributed by atoms with van der Waals surface area (Å²) >= 11 is 0.